The Labute approximate surface area is 123 Å². The summed E-state index contributed by atoms with van der Waals surface area (Å²) in [6.45, 7) is 4.23. The molecule has 2 atom stereocenters. The molecule has 7 nitrogen and oxygen atoms in total. The molecule has 118 valence electrons. The second-order valence-electron chi connectivity index (χ2n) is 5.73. The minimum absolute atomic E-state index is 0.236. The molecule has 0 fully saturated rings. The fourth-order valence-corrected chi connectivity index (χ4v) is 2.29. The van der Waals surface area contributed by atoms with Crippen molar-refractivity contribution in [1.82, 2.24) is 4.90 Å². The number of ether oxygens (including phenoxy) is 1. The smallest absolute Gasteiger partial charge is 0.308 e. The Morgan fingerprint density at radius 1 is 1.33 bits per heavy atom. The van der Waals surface area contributed by atoms with E-state index in [1.165, 1.54) is 12.2 Å². The number of imide groups is 1. The van der Waals surface area contributed by atoms with E-state index in [9.17, 15) is 14.4 Å². The van der Waals surface area contributed by atoms with Gasteiger partial charge in [-0.3, -0.25) is 19.3 Å². The maximum Gasteiger partial charge on any atom is 0.308 e. The van der Waals surface area contributed by atoms with Crippen LogP contribution in [0.15, 0.2) is 12.2 Å². The lowest BCUT2D eigenvalue weighted by atomic mass is 9.90. The van der Waals surface area contributed by atoms with Gasteiger partial charge in [-0.05, 0) is 20.3 Å². The minimum atomic E-state index is -1.11. The first-order chi connectivity index (χ1) is 9.69. The third kappa shape index (κ3) is 4.37. The number of carbonyl (C=O) groups excluding carboxylic acids is 3. The molecule has 1 heterocycles. The van der Waals surface area contributed by atoms with Crippen LogP contribution in [0.2, 0.25) is 0 Å². The van der Waals surface area contributed by atoms with Crippen LogP contribution in [0.25, 0.3) is 0 Å². The van der Waals surface area contributed by atoms with Gasteiger partial charge in [0.05, 0.1) is 12.5 Å². The Morgan fingerprint density at radius 3 is 2.33 bits per heavy atom. The van der Waals surface area contributed by atoms with Gasteiger partial charge in [0, 0.05) is 17.7 Å². The molecule has 0 bridgehead atoms. The van der Waals surface area contributed by atoms with Gasteiger partial charge < -0.3 is 14.9 Å². The Kier molecular flexibility index (Phi) is 5.62. The zero-order chi connectivity index (χ0) is 16.2. The molecule has 1 aliphatic heterocycles. The summed E-state index contributed by atoms with van der Waals surface area (Å²) < 4.78 is 4.87. The van der Waals surface area contributed by atoms with Gasteiger partial charge in [-0.15, -0.1) is 0 Å². The molecule has 0 spiro atoms. The highest BCUT2D eigenvalue weighted by Crippen LogP contribution is 2.27. The van der Waals surface area contributed by atoms with Crippen molar-refractivity contribution in [3.05, 3.63) is 12.2 Å². The van der Waals surface area contributed by atoms with Gasteiger partial charge in [-0.25, -0.2) is 0 Å². The summed E-state index contributed by atoms with van der Waals surface area (Å²) in [7, 11) is 0. The molecule has 7 heteroatoms. The number of hydrogen-bond acceptors (Lipinski definition) is 6. The number of aliphatic hydroxyl groups is 2. The fourth-order valence-electron chi connectivity index (χ4n) is 2.29. The molecule has 2 N–H and O–H groups in total. The van der Waals surface area contributed by atoms with Crippen LogP contribution in [0.3, 0.4) is 0 Å². The summed E-state index contributed by atoms with van der Waals surface area (Å²) in [5.41, 5.74) is -0.828. The maximum absolute atomic E-state index is 11.8. The second kappa shape index (κ2) is 6.82. The molecule has 1 rings (SSSR count). The van der Waals surface area contributed by atoms with Crippen molar-refractivity contribution < 1.29 is 29.3 Å². The minimum Gasteiger partial charge on any atom is -0.463 e. The number of nitrogens with zero attached hydrogens (tertiary/aromatic N) is 1. The van der Waals surface area contributed by atoms with Crippen molar-refractivity contribution in [2.24, 2.45) is 5.92 Å². The summed E-state index contributed by atoms with van der Waals surface area (Å²) >= 11 is 0. The lowest BCUT2D eigenvalue weighted by Crippen LogP contribution is -2.49. The Morgan fingerprint density at radius 2 is 1.86 bits per heavy atom. The monoisotopic (exact) mass is 299 g/mol. The van der Waals surface area contributed by atoms with Crippen molar-refractivity contribution in [1.29, 1.82) is 0 Å². The lowest BCUT2D eigenvalue weighted by molar-refractivity contribution is -0.155. The van der Waals surface area contributed by atoms with E-state index in [4.69, 9.17) is 14.9 Å². The van der Waals surface area contributed by atoms with E-state index in [1.807, 2.05) is 0 Å². The molecule has 21 heavy (non-hydrogen) atoms. The fraction of sp³-hybridized carbons (Fsp3) is 0.643. The molecule has 0 aromatic rings. The highest BCUT2D eigenvalue weighted by atomic mass is 16.5. The van der Waals surface area contributed by atoms with Crippen LogP contribution in [0.5, 0.6) is 0 Å². The number of hydrogen-bond donors (Lipinski definition) is 2. The first-order valence-corrected chi connectivity index (χ1v) is 6.71. The summed E-state index contributed by atoms with van der Waals surface area (Å²) in [6.07, 6.45) is 1.52. The van der Waals surface area contributed by atoms with Crippen LogP contribution in [0.4, 0.5) is 0 Å². The van der Waals surface area contributed by atoms with Crippen LogP contribution < -0.4 is 0 Å². The van der Waals surface area contributed by atoms with E-state index in [0.29, 0.717) is 0 Å². The zero-order valence-electron chi connectivity index (χ0n) is 12.4. The number of esters is 1. The number of rotatable bonds is 7. The molecule has 0 radical (unpaired) electrons. The van der Waals surface area contributed by atoms with Crippen LogP contribution in [0, 0.1) is 5.92 Å². The van der Waals surface area contributed by atoms with E-state index in [2.05, 4.69) is 0 Å². The van der Waals surface area contributed by atoms with E-state index in [1.54, 1.807) is 20.8 Å². The van der Waals surface area contributed by atoms with Crippen molar-refractivity contribution in [2.45, 2.75) is 38.8 Å². The van der Waals surface area contributed by atoms with Crippen molar-refractivity contribution in [3.63, 3.8) is 0 Å². The van der Waals surface area contributed by atoms with E-state index < -0.39 is 42.0 Å². The van der Waals surface area contributed by atoms with Crippen LogP contribution in [-0.4, -0.2) is 57.8 Å². The van der Waals surface area contributed by atoms with Crippen molar-refractivity contribution in [3.8, 4) is 0 Å². The van der Waals surface area contributed by atoms with Gasteiger partial charge in [-0.1, -0.05) is 6.92 Å². The molecule has 0 aromatic carbocycles. The predicted molar refractivity (Wildman–Crippen MR) is 72.9 cm³/mol. The summed E-state index contributed by atoms with van der Waals surface area (Å²) in [5, 5.41) is 17.8. The summed E-state index contributed by atoms with van der Waals surface area (Å²) in [6, 6.07) is 0. The van der Waals surface area contributed by atoms with E-state index in [-0.39, 0.29) is 13.0 Å². The quantitative estimate of drug-likeness (QED) is 0.490. The highest BCUT2D eigenvalue weighted by molar-refractivity contribution is 6.13. The third-order valence-electron chi connectivity index (χ3n) is 3.25. The number of carbonyl (C=O) groups is 3. The Balaban J connectivity index is 2.60. The first-order valence-electron chi connectivity index (χ1n) is 6.71. The second-order valence-corrected chi connectivity index (χ2v) is 5.73. The standard InChI is InChI=1S/C14H21NO6/c1-9(13(20)21-8-10(17)7-16)6-14(2,3)15-11(18)4-5-12(15)19/h4-5,9-10,16-17H,6-8H2,1-3H3. The SMILES string of the molecule is CC(CC(C)(C)N1C(=O)C=CC1=O)C(=O)OCC(O)CO. The first kappa shape index (κ1) is 17.3. The van der Waals surface area contributed by atoms with Gasteiger partial charge >= 0.3 is 5.97 Å². The summed E-state index contributed by atoms with van der Waals surface area (Å²) in [5.74, 6) is -1.92. The van der Waals surface area contributed by atoms with Gasteiger partial charge in [0.15, 0.2) is 0 Å². The molecule has 0 aromatic heterocycles. The van der Waals surface area contributed by atoms with Gasteiger partial charge in [-0.2, -0.15) is 0 Å². The molecule has 0 aliphatic carbocycles. The number of aliphatic hydroxyl groups excluding tert-OH is 2. The molecule has 1 aliphatic rings. The highest BCUT2D eigenvalue weighted by Gasteiger charge is 2.39. The molecule has 2 amide bonds. The van der Waals surface area contributed by atoms with Crippen molar-refractivity contribution in [2.75, 3.05) is 13.2 Å². The Hall–Kier alpha value is -1.73. The zero-order valence-corrected chi connectivity index (χ0v) is 12.4. The van der Waals surface area contributed by atoms with Crippen molar-refractivity contribution >= 4 is 17.8 Å². The molecule has 0 saturated carbocycles. The average molecular weight is 299 g/mol. The Bertz CT molecular complexity index is 438. The third-order valence-corrected chi connectivity index (χ3v) is 3.25. The van der Waals surface area contributed by atoms with Crippen LogP contribution in [0.1, 0.15) is 27.2 Å². The molecule has 2 unspecified atom stereocenters. The van der Waals surface area contributed by atoms with Gasteiger partial charge in [0.25, 0.3) is 11.8 Å². The maximum atomic E-state index is 11.8. The average Bonchev–Trinajstić information content (AvgIpc) is 2.74. The van der Waals surface area contributed by atoms with E-state index in [0.717, 1.165) is 4.90 Å². The van der Waals surface area contributed by atoms with Crippen LogP contribution >= 0.6 is 0 Å². The lowest BCUT2D eigenvalue weighted by Gasteiger charge is -2.35. The number of amides is 2. The predicted octanol–water partition coefficient (Wildman–Crippen LogP) is -0.387. The largest absolute Gasteiger partial charge is 0.463 e. The molecular formula is C14H21NO6. The molecular weight excluding hydrogens is 278 g/mol. The molecule has 0 saturated heterocycles. The van der Waals surface area contributed by atoms with Crippen LogP contribution in [-0.2, 0) is 19.1 Å². The van der Waals surface area contributed by atoms with E-state index >= 15 is 0 Å². The normalized spacial score (nSPS) is 18.0. The van der Waals surface area contributed by atoms with Gasteiger partial charge in [0.1, 0.15) is 12.7 Å². The van der Waals surface area contributed by atoms with Gasteiger partial charge in [0.2, 0.25) is 0 Å². The summed E-state index contributed by atoms with van der Waals surface area (Å²) in [4.78, 5) is 36.3. The topological polar surface area (TPSA) is 104 Å².